The van der Waals surface area contributed by atoms with Crippen molar-refractivity contribution in [3.8, 4) is 6.07 Å². The molecule has 0 spiro atoms. The third-order valence-electron chi connectivity index (χ3n) is 1.86. The highest BCUT2D eigenvalue weighted by Crippen LogP contribution is 2.25. The Kier molecular flexibility index (Phi) is 3.51. The largest absolute Gasteiger partial charge is 0.415 e. The summed E-state index contributed by atoms with van der Waals surface area (Å²) in [6.07, 6.45) is -2.25. The van der Waals surface area contributed by atoms with Crippen LogP contribution in [0.1, 0.15) is 11.1 Å². The lowest BCUT2D eigenvalue weighted by Crippen LogP contribution is -2.08. The molecule has 0 N–H and O–H groups in total. The summed E-state index contributed by atoms with van der Waals surface area (Å²) in [5.41, 5.74) is 0.0130. The zero-order valence-electron chi connectivity index (χ0n) is 8.25. The van der Waals surface area contributed by atoms with Crippen LogP contribution >= 0.6 is 0 Å². The average Bonchev–Trinajstić information content (AvgIpc) is 2.25. The third kappa shape index (κ3) is 3.28. The standard InChI is InChI=1S/C12H8F3N/c1-9(12(13,14)15)5-6-10-3-2-4-11(7-10)8-16/h2-7H,1H2/b6-5+. The van der Waals surface area contributed by atoms with Gasteiger partial charge in [0.1, 0.15) is 0 Å². The molecule has 0 unspecified atom stereocenters. The van der Waals surface area contributed by atoms with Gasteiger partial charge in [0, 0.05) is 5.57 Å². The van der Waals surface area contributed by atoms with Crippen molar-refractivity contribution in [2.45, 2.75) is 6.18 Å². The predicted molar refractivity (Wildman–Crippen MR) is 55.4 cm³/mol. The van der Waals surface area contributed by atoms with Crippen LogP contribution in [0.5, 0.6) is 0 Å². The molecule has 0 fully saturated rings. The first-order valence-corrected chi connectivity index (χ1v) is 4.38. The van der Waals surface area contributed by atoms with E-state index < -0.39 is 11.7 Å². The van der Waals surface area contributed by atoms with E-state index in [0.29, 0.717) is 11.1 Å². The van der Waals surface area contributed by atoms with Crippen molar-refractivity contribution in [1.82, 2.24) is 0 Å². The Bertz CT molecular complexity index is 464. The Labute approximate surface area is 91.1 Å². The smallest absolute Gasteiger partial charge is 0.192 e. The van der Waals surface area contributed by atoms with Crippen molar-refractivity contribution in [1.29, 1.82) is 5.26 Å². The molecule has 0 amide bonds. The second kappa shape index (κ2) is 4.67. The van der Waals surface area contributed by atoms with Gasteiger partial charge < -0.3 is 0 Å². The number of hydrogen-bond acceptors (Lipinski definition) is 1. The van der Waals surface area contributed by atoms with Crippen molar-refractivity contribution in [2.75, 3.05) is 0 Å². The van der Waals surface area contributed by atoms with Gasteiger partial charge in [0.25, 0.3) is 0 Å². The summed E-state index contributed by atoms with van der Waals surface area (Å²) in [5, 5.41) is 8.60. The number of hydrogen-bond donors (Lipinski definition) is 0. The first-order chi connectivity index (χ1) is 7.43. The minimum atomic E-state index is -4.41. The van der Waals surface area contributed by atoms with Crippen LogP contribution in [0, 0.1) is 11.3 Å². The molecule has 1 aromatic rings. The Morgan fingerprint density at radius 3 is 2.62 bits per heavy atom. The summed E-state index contributed by atoms with van der Waals surface area (Å²) >= 11 is 0. The fourth-order valence-electron chi connectivity index (χ4n) is 1.00. The van der Waals surface area contributed by atoms with Gasteiger partial charge in [-0.05, 0) is 17.7 Å². The normalized spacial score (nSPS) is 11.4. The van der Waals surface area contributed by atoms with Crippen molar-refractivity contribution in [3.05, 3.63) is 53.6 Å². The van der Waals surface area contributed by atoms with Crippen molar-refractivity contribution < 1.29 is 13.2 Å². The van der Waals surface area contributed by atoms with Gasteiger partial charge in [-0.1, -0.05) is 30.9 Å². The van der Waals surface area contributed by atoms with E-state index in [2.05, 4.69) is 6.58 Å². The van der Waals surface area contributed by atoms with Crippen LogP contribution in [-0.4, -0.2) is 6.18 Å². The Morgan fingerprint density at radius 2 is 2.06 bits per heavy atom. The third-order valence-corrected chi connectivity index (χ3v) is 1.86. The number of allylic oxidation sites excluding steroid dienone is 2. The van der Waals surface area contributed by atoms with Crippen LogP contribution in [0.2, 0.25) is 0 Å². The fourth-order valence-corrected chi connectivity index (χ4v) is 1.00. The highest BCUT2D eigenvalue weighted by atomic mass is 19.4. The molecule has 1 rings (SSSR count). The summed E-state index contributed by atoms with van der Waals surface area (Å²) in [4.78, 5) is 0. The molecule has 0 atom stereocenters. The lowest BCUT2D eigenvalue weighted by atomic mass is 10.1. The molecule has 0 heterocycles. The van der Waals surface area contributed by atoms with E-state index in [-0.39, 0.29) is 0 Å². The van der Waals surface area contributed by atoms with Crippen LogP contribution in [0.3, 0.4) is 0 Å². The molecule has 0 aliphatic heterocycles. The predicted octanol–water partition coefficient (Wildman–Crippen LogP) is 3.69. The summed E-state index contributed by atoms with van der Waals surface area (Å²) in [6.45, 7) is 2.91. The molecule has 16 heavy (non-hydrogen) atoms. The van der Waals surface area contributed by atoms with Crippen molar-refractivity contribution >= 4 is 6.08 Å². The lowest BCUT2D eigenvalue weighted by Gasteiger charge is -2.04. The first kappa shape index (κ1) is 12.1. The van der Waals surface area contributed by atoms with Gasteiger partial charge in [0.2, 0.25) is 0 Å². The van der Waals surface area contributed by atoms with Crippen LogP contribution < -0.4 is 0 Å². The molecule has 0 bridgehead atoms. The molecule has 0 aromatic heterocycles. The molecule has 0 aliphatic carbocycles. The van der Waals surface area contributed by atoms with Gasteiger partial charge in [0.05, 0.1) is 11.6 Å². The highest BCUT2D eigenvalue weighted by molar-refractivity contribution is 5.55. The average molecular weight is 223 g/mol. The molecule has 1 aromatic carbocycles. The SMILES string of the molecule is C=C(/C=C/c1cccc(C#N)c1)C(F)(F)F. The van der Waals surface area contributed by atoms with Gasteiger partial charge in [-0.25, -0.2) is 0 Å². The number of nitriles is 1. The van der Waals surface area contributed by atoms with E-state index in [1.807, 2.05) is 6.07 Å². The van der Waals surface area contributed by atoms with E-state index in [0.717, 1.165) is 6.08 Å². The molecule has 0 saturated carbocycles. The summed E-state index contributed by atoms with van der Waals surface area (Å²) in [5.74, 6) is 0. The summed E-state index contributed by atoms with van der Waals surface area (Å²) in [7, 11) is 0. The van der Waals surface area contributed by atoms with Gasteiger partial charge in [-0.15, -0.1) is 0 Å². The lowest BCUT2D eigenvalue weighted by molar-refractivity contribution is -0.0877. The second-order valence-electron chi connectivity index (χ2n) is 3.09. The highest BCUT2D eigenvalue weighted by Gasteiger charge is 2.29. The Morgan fingerprint density at radius 1 is 1.38 bits per heavy atom. The number of nitrogens with zero attached hydrogens (tertiary/aromatic N) is 1. The van der Waals surface area contributed by atoms with Gasteiger partial charge in [-0.2, -0.15) is 18.4 Å². The Hall–Kier alpha value is -2.02. The number of rotatable bonds is 2. The van der Waals surface area contributed by atoms with E-state index in [4.69, 9.17) is 5.26 Å². The van der Waals surface area contributed by atoms with Crippen LogP contribution in [0.25, 0.3) is 6.08 Å². The molecule has 82 valence electrons. The monoisotopic (exact) mass is 223 g/mol. The number of benzene rings is 1. The fraction of sp³-hybridized carbons (Fsp3) is 0.0833. The molecule has 0 saturated heterocycles. The van der Waals surface area contributed by atoms with Crippen molar-refractivity contribution in [2.24, 2.45) is 0 Å². The molecule has 0 radical (unpaired) electrons. The zero-order chi connectivity index (χ0) is 12.2. The number of alkyl halides is 3. The molecular weight excluding hydrogens is 215 g/mol. The van der Waals surface area contributed by atoms with Crippen molar-refractivity contribution in [3.63, 3.8) is 0 Å². The van der Waals surface area contributed by atoms with Gasteiger partial charge >= 0.3 is 6.18 Å². The van der Waals surface area contributed by atoms with Gasteiger partial charge in [-0.3, -0.25) is 0 Å². The summed E-state index contributed by atoms with van der Waals surface area (Å²) in [6, 6.07) is 8.20. The molecule has 0 aliphatic rings. The topological polar surface area (TPSA) is 23.8 Å². The quantitative estimate of drug-likeness (QED) is 0.701. The molecular formula is C12H8F3N. The zero-order valence-corrected chi connectivity index (χ0v) is 8.25. The van der Waals surface area contributed by atoms with E-state index in [1.165, 1.54) is 12.1 Å². The molecule has 4 heteroatoms. The van der Waals surface area contributed by atoms with Crippen LogP contribution in [-0.2, 0) is 0 Å². The van der Waals surface area contributed by atoms with Gasteiger partial charge in [0.15, 0.2) is 0 Å². The number of halogens is 3. The molecule has 1 nitrogen and oxygen atoms in total. The minimum absolute atomic E-state index is 0.403. The Balaban J connectivity index is 2.85. The summed E-state index contributed by atoms with van der Waals surface area (Å²) < 4.78 is 36.3. The first-order valence-electron chi connectivity index (χ1n) is 4.38. The maximum atomic E-state index is 12.1. The van der Waals surface area contributed by atoms with Crippen LogP contribution in [0.4, 0.5) is 13.2 Å². The van der Waals surface area contributed by atoms with E-state index >= 15 is 0 Å². The maximum absolute atomic E-state index is 12.1. The van der Waals surface area contributed by atoms with Crippen LogP contribution in [0.15, 0.2) is 42.5 Å². The maximum Gasteiger partial charge on any atom is 0.415 e. The van der Waals surface area contributed by atoms with E-state index in [9.17, 15) is 13.2 Å². The second-order valence-corrected chi connectivity index (χ2v) is 3.09. The van der Waals surface area contributed by atoms with E-state index in [1.54, 1.807) is 18.2 Å². The minimum Gasteiger partial charge on any atom is -0.192 e.